The maximum Gasteiger partial charge on any atom is 0.329 e. The molecule has 29 heavy (non-hydrogen) atoms. The van der Waals surface area contributed by atoms with Gasteiger partial charge in [-0.05, 0) is 25.0 Å². The molecule has 9 heteroatoms. The number of benzene rings is 1. The molecule has 1 fully saturated rings. The van der Waals surface area contributed by atoms with Crippen molar-refractivity contribution in [2.24, 2.45) is 5.73 Å². The van der Waals surface area contributed by atoms with Crippen molar-refractivity contribution in [1.82, 2.24) is 10.0 Å². The van der Waals surface area contributed by atoms with Crippen LogP contribution in [0.5, 0.6) is 0 Å². The van der Waals surface area contributed by atoms with Crippen LogP contribution in [0.25, 0.3) is 10.9 Å². The first kappa shape index (κ1) is 20.8. The standard InChI is InChI=1S/C20H25FN4O4/c1-12(26)29-24-20(28)15-11-25(8-7-22)18-10-17(16(21)9-14(18)19(15)27)23-13-5-3-2-4-6-13/h9-11,13,23H,2-8,22H2,1H3,(H,24,28). The second kappa shape index (κ2) is 9.04. The minimum Gasteiger partial charge on any atom is -0.380 e. The molecule has 1 aromatic heterocycles. The van der Waals surface area contributed by atoms with Crippen LogP contribution in [0.2, 0.25) is 0 Å². The number of nitrogens with zero attached hydrogens (tertiary/aromatic N) is 1. The van der Waals surface area contributed by atoms with E-state index in [0.29, 0.717) is 17.7 Å². The minimum atomic E-state index is -0.886. The molecule has 8 nitrogen and oxygen atoms in total. The van der Waals surface area contributed by atoms with Crippen LogP contribution in [0, 0.1) is 5.82 Å². The Balaban J connectivity index is 2.03. The lowest BCUT2D eigenvalue weighted by Crippen LogP contribution is -2.31. The van der Waals surface area contributed by atoms with E-state index in [1.54, 1.807) is 10.6 Å². The van der Waals surface area contributed by atoms with Gasteiger partial charge in [-0.2, -0.15) is 5.48 Å². The highest BCUT2D eigenvalue weighted by molar-refractivity contribution is 5.97. The van der Waals surface area contributed by atoms with Gasteiger partial charge in [0.15, 0.2) is 0 Å². The van der Waals surface area contributed by atoms with Gasteiger partial charge >= 0.3 is 5.97 Å². The van der Waals surface area contributed by atoms with Crippen LogP contribution in [-0.4, -0.2) is 29.0 Å². The molecule has 0 spiro atoms. The third-order valence-electron chi connectivity index (χ3n) is 5.04. The molecule has 0 bridgehead atoms. The highest BCUT2D eigenvalue weighted by atomic mass is 19.1. The van der Waals surface area contributed by atoms with E-state index in [1.807, 2.05) is 5.48 Å². The maximum absolute atomic E-state index is 14.8. The van der Waals surface area contributed by atoms with Gasteiger partial charge in [-0.1, -0.05) is 19.3 Å². The Morgan fingerprint density at radius 3 is 2.66 bits per heavy atom. The predicted octanol–water partition coefficient (Wildman–Crippen LogP) is 2.05. The first-order valence-corrected chi connectivity index (χ1v) is 9.71. The summed E-state index contributed by atoms with van der Waals surface area (Å²) >= 11 is 0. The number of hydrogen-bond acceptors (Lipinski definition) is 6. The van der Waals surface area contributed by atoms with Crippen molar-refractivity contribution in [3.05, 3.63) is 39.9 Å². The monoisotopic (exact) mass is 404 g/mol. The second-order valence-electron chi connectivity index (χ2n) is 7.21. The number of nitrogens with one attached hydrogen (secondary N) is 2. The van der Waals surface area contributed by atoms with Gasteiger partial charge in [-0.15, -0.1) is 0 Å². The van der Waals surface area contributed by atoms with Crippen LogP contribution in [0.3, 0.4) is 0 Å². The molecule has 1 amide bonds. The number of carbonyl (C=O) groups excluding carboxylic acids is 2. The van der Waals surface area contributed by atoms with Gasteiger partial charge in [0.1, 0.15) is 11.4 Å². The van der Waals surface area contributed by atoms with Crippen molar-refractivity contribution in [3.8, 4) is 0 Å². The first-order chi connectivity index (χ1) is 13.9. The number of fused-ring (bicyclic) bond motifs is 1. The summed E-state index contributed by atoms with van der Waals surface area (Å²) in [6.45, 7) is 1.69. The van der Waals surface area contributed by atoms with E-state index in [9.17, 15) is 18.8 Å². The van der Waals surface area contributed by atoms with E-state index in [1.165, 1.54) is 12.6 Å². The minimum absolute atomic E-state index is 0.0561. The Labute approximate surface area is 167 Å². The zero-order valence-corrected chi connectivity index (χ0v) is 16.3. The van der Waals surface area contributed by atoms with E-state index < -0.39 is 23.1 Å². The normalized spacial score (nSPS) is 14.6. The zero-order chi connectivity index (χ0) is 21.0. The fourth-order valence-electron chi connectivity index (χ4n) is 3.65. The van der Waals surface area contributed by atoms with Crippen LogP contribution in [0.1, 0.15) is 49.4 Å². The van der Waals surface area contributed by atoms with Crippen molar-refractivity contribution in [2.45, 2.75) is 51.6 Å². The Bertz CT molecular complexity index is 983. The zero-order valence-electron chi connectivity index (χ0n) is 16.3. The predicted molar refractivity (Wildman–Crippen MR) is 107 cm³/mol. The van der Waals surface area contributed by atoms with E-state index in [-0.39, 0.29) is 23.5 Å². The number of anilines is 1. The molecule has 156 valence electrons. The van der Waals surface area contributed by atoms with Crippen molar-refractivity contribution in [2.75, 3.05) is 11.9 Å². The number of halogens is 1. The smallest absolute Gasteiger partial charge is 0.329 e. The molecular weight excluding hydrogens is 379 g/mol. The number of hydrogen-bond donors (Lipinski definition) is 3. The Morgan fingerprint density at radius 2 is 2.00 bits per heavy atom. The highest BCUT2D eigenvalue weighted by Gasteiger charge is 2.20. The molecule has 1 saturated carbocycles. The van der Waals surface area contributed by atoms with Crippen molar-refractivity contribution in [1.29, 1.82) is 0 Å². The Hall–Kier alpha value is -2.94. The summed E-state index contributed by atoms with van der Waals surface area (Å²) in [6.07, 6.45) is 6.69. The Morgan fingerprint density at radius 1 is 1.28 bits per heavy atom. The molecular formula is C20H25FN4O4. The van der Waals surface area contributed by atoms with Gasteiger partial charge in [0.25, 0.3) is 5.91 Å². The Kier molecular flexibility index (Phi) is 6.48. The van der Waals surface area contributed by atoms with E-state index >= 15 is 0 Å². The average molecular weight is 404 g/mol. The van der Waals surface area contributed by atoms with E-state index in [4.69, 9.17) is 5.73 Å². The summed E-state index contributed by atoms with van der Waals surface area (Å²) in [4.78, 5) is 40.4. The van der Waals surface area contributed by atoms with Crippen LogP contribution < -0.4 is 22.0 Å². The molecule has 0 radical (unpaired) electrons. The maximum atomic E-state index is 14.8. The topological polar surface area (TPSA) is 115 Å². The van der Waals surface area contributed by atoms with Gasteiger partial charge in [0, 0.05) is 37.6 Å². The van der Waals surface area contributed by atoms with E-state index in [0.717, 1.165) is 38.7 Å². The molecule has 2 aromatic rings. The molecule has 4 N–H and O–H groups in total. The fourth-order valence-corrected chi connectivity index (χ4v) is 3.65. The summed E-state index contributed by atoms with van der Waals surface area (Å²) in [5, 5.41) is 3.30. The molecule has 0 unspecified atom stereocenters. The molecule has 0 aliphatic heterocycles. The largest absolute Gasteiger partial charge is 0.380 e. The number of carbonyl (C=O) groups is 2. The SMILES string of the molecule is CC(=O)ONC(=O)c1cn(CCN)c2cc(NC3CCCCC3)c(F)cc2c1=O. The lowest BCUT2D eigenvalue weighted by atomic mass is 9.95. The summed E-state index contributed by atoms with van der Waals surface area (Å²) < 4.78 is 16.4. The van der Waals surface area contributed by atoms with Gasteiger partial charge in [-0.25, -0.2) is 4.39 Å². The van der Waals surface area contributed by atoms with Crippen LogP contribution in [0.15, 0.2) is 23.1 Å². The number of rotatable bonds is 5. The number of pyridine rings is 1. The lowest BCUT2D eigenvalue weighted by molar-refractivity contribution is -0.146. The lowest BCUT2D eigenvalue weighted by Gasteiger charge is -2.24. The van der Waals surface area contributed by atoms with Crippen LogP contribution in [0.4, 0.5) is 10.1 Å². The molecule has 0 saturated heterocycles. The van der Waals surface area contributed by atoms with Gasteiger partial charge in [0.05, 0.1) is 11.2 Å². The molecule has 3 rings (SSSR count). The summed E-state index contributed by atoms with van der Waals surface area (Å²) in [6, 6.07) is 2.92. The molecule has 1 aromatic carbocycles. The van der Waals surface area contributed by atoms with Gasteiger partial charge in [-0.3, -0.25) is 14.4 Å². The van der Waals surface area contributed by atoms with Gasteiger partial charge < -0.3 is 20.5 Å². The second-order valence-corrected chi connectivity index (χ2v) is 7.21. The van der Waals surface area contributed by atoms with E-state index in [2.05, 4.69) is 10.2 Å². The molecule has 0 atom stereocenters. The van der Waals surface area contributed by atoms with Crippen molar-refractivity contribution >= 4 is 28.5 Å². The first-order valence-electron chi connectivity index (χ1n) is 9.71. The number of hydroxylamine groups is 1. The number of nitrogens with two attached hydrogens (primary N) is 1. The molecule has 1 aliphatic rings. The molecule has 1 aliphatic carbocycles. The van der Waals surface area contributed by atoms with Crippen molar-refractivity contribution in [3.63, 3.8) is 0 Å². The number of amides is 1. The third kappa shape index (κ3) is 4.73. The van der Waals surface area contributed by atoms with Crippen LogP contribution in [-0.2, 0) is 16.2 Å². The molecule has 1 heterocycles. The third-order valence-corrected chi connectivity index (χ3v) is 5.04. The number of aromatic nitrogens is 1. The van der Waals surface area contributed by atoms with Crippen molar-refractivity contribution < 1.29 is 18.8 Å². The summed E-state index contributed by atoms with van der Waals surface area (Å²) in [7, 11) is 0. The highest BCUT2D eigenvalue weighted by Crippen LogP contribution is 2.26. The summed E-state index contributed by atoms with van der Waals surface area (Å²) in [5.41, 5.74) is 7.47. The van der Waals surface area contributed by atoms with Crippen LogP contribution >= 0.6 is 0 Å². The average Bonchev–Trinajstić information content (AvgIpc) is 2.70. The quantitative estimate of drug-likeness (QED) is 0.657. The fraction of sp³-hybridized carbons (Fsp3) is 0.450. The summed E-state index contributed by atoms with van der Waals surface area (Å²) in [5.74, 6) is -2.18. The van der Waals surface area contributed by atoms with Gasteiger partial charge in [0.2, 0.25) is 5.43 Å².